The van der Waals surface area contributed by atoms with Gasteiger partial charge in [0.2, 0.25) is 5.79 Å². The van der Waals surface area contributed by atoms with E-state index in [2.05, 4.69) is 0 Å². The molecule has 0 atom stereocenters. The van der Waals surface area contributed by atoms with Crippen LogP contribution in [-0.4, -0.2) is 30.1 Å². The van der Waals surface area contributed by atoms with Gasteiger partial charge in [-0.1, -0.05) is 12.1 Å². The lowest BCUT2D eigenvalue weighted by atomic mass is 9.88. The Hall–Kier alpha value is -1.86. The molecular formula is C18H22BFO5. The van der Waals surface area contributed by atoms with Crippen molar-refractivity contribution in [1.82, 2.24) is 0 Å². The standard InChI is InChI=1S/C18H22BFO5/c1-16(2)17(3,4)25-19(24-16)10-9-11-7-8-12(20)13-14(11)22-18(5,6)23-15(13)21/h7-10H,1-6H3. The summed E-state index contributed by atoms with van der Waals surface area (Å²) in [6.07, 6.45) is 1.70. The predicted molar refractivity (Wildman–Crippen MR) is 91.6 cm³/mol. The van der Waals surface area contributed by atoms with Crippen LogP contribution in [0.2, 0.25) is 0 Å². The average Bonchev–Trinajstić information content (AvgIpc) is 2.64. The molecule has 0 bridgehead atoms. The quantitative estimate of drug-likeness (QED) is 0.602. The van der Waals surface area contributed by atoms with E-state index in [1.165, 1.54) is 6.07 Å². The van der Waals surface area contributed by atoms with Crippen LogP contribution in [0.1, 0.15) is 57.5 Å². The molecule has 2 heterocycles. The van der Waals surface area contributed by atoms with Crippen molar-refractivity contribution in [2.45, 2.75) is 58.5 Å². The zero-order valence-electron chi connectivity index (χ0n) is 15.3. The summed E-state index contributed by atoms with van der Waals surface area (Å²) in [4.78, 5) is 12.1. The molecule has 25 heavy (non-hydrogen) atoms. The van der Waals surface area contributed by atoms with E-state index < -0.39 is 35.9 Å². The first kappa shape index (κ1) is 18.0. The van der Waals surface area contributed by atoms with Gasteiger partial charge in [0.25, 0.3) is 0 Å². The second kappa shape index (κ2) is 5.57. The highest BCUT2D eigenvalue weighted by atomic mass is 19.1. The van der Waals surface area contributed by atoms with Crippen LogP contribution in [0.15, 0.2) is 18.1 Å². The number of cyclic esters (lactones) is 1. The van der Waals surface area contributed by atoms with Crippen LogP contribution < -0.4 is 4.74 Å². The zero-order valence-corrected chi connectivity index (χ0v) is 15.3. The molecule has 0 saturated carbocycles. The molecule has 134 valence electrons. The first-order valence-corrected chi connectivity index (χ1v) is 8.21. The van der Waals surface area contributed by atoms with Crippen molar-refractivity contribution >= 4 is 19.2 Å². The van der Waals surface area contributed by atoms with E-state index in [9.17, 15) is 9.18 Å². The minimum Gasteiger partial charge on any atom is -0.451 e. The van der Waals surface area contributed by atoms with Crippen molar-refractivity contribution in [3.63, 3.8) is 0 Å². The van der Waals surface area contributed by atoms with Crippen LogP contribution >= 0.6 is 0 Å². The van der Waals surface area contributed by atoms with E-state index in [4.69, 9.17) is 18.8 Å². The Balaban J connectivity index is 1.93. The Morgan fingerprint density at radius 3 is 2.20 bits per heavy atom. The largest absolute Gasteiger partial charge is 0.487 e. The minimum absolute atomic E-state index is 0.161. The summed E-state index contributed by atoms with van der Waals surface area (Å²) in [5.74, 6) is -0.697. The normalized spacial score (nSPS) is 23.3. The van der Waals surface area contributed by atoms with E-state index in [0.717, 1.165) is 0 Å². The predicted octanol–water partition coefficient (Wildman–Crippen LogP) is 3.76. The Morgan fingerprint density at radius 1 is 1.00 bits per heavy atom. The summed E-state index contributed by atoms with van der Waals surface area (Å²) in [5, 5.41) is 0. The number of rotatable bonds is 2. The Bertz CT molecular complexity index is 738. The van der Waals surface area contributed by atoms with Gasteiger partial charge in [-0.25, -0.2) is 9.18 Å². The second-order valence-corrected chi connectivity index (χ2v) is 7.72. The van der Waals surface area contributed by atoms with Crippen molar-refractivity contribution in [3.05, 3.63) is 35.1 Å². The summed E-state index contributed by atoms with van der Waals surface area (Å²) in [7, 11) is -0.547. The summed E-state index contributed by atoms with van der Waals surface area (Å²) in [5.41, 5.74) is -0.551. The van der Waals surface area contributed by atoms with Crippen LogP contribution in [0.4, 0.5) is 4.39 Å². The fraction of sp³-hybridized carbons (Fsp3) is 0.500. The number of halogens is 1. The molecule has 0 radical (unpaired) electrons. The molecule has 3 rings (SSSR count). The molecule has 2 aliphatic heterocycles. The van der Waals surface area contributed by atoms with Gasteiger partial charge in [0.05, 0.1) is 11.2 Å². The molecule has 0 aliphatic carbocycles. The van der Waals surface area contributed by atoms with Crippen LogP contribution in [0, 0.1) is 5.82 Å². The number of carbonyl (C=O) groups excluding carboxylic acids is 1. The number of ether oxygens (including phenoxy) is 2. The maximum atomic E-state index is 14.0. The second-order valence-electron chi connectivity index (χ2n) is 7.72. The van der Waals surface area contributed by atoms with E-state index in [1.807, 2.05) is 27.7 Å². The molecule has 0 spiro atoms. The Kier molecular flexibility index (Phi) is 4.00. The first-order valence-electron chi connectivity index (χ1n) is 8.21. The summed E-state index contributed by atoms with van der Waals surface area (Å²) in [6.45, 7) is 11.0. The number of hydrogen-bond donors (Lipinski definition) is 0. The molecule has 1 aromatic rings. The van der Waals surface area contributed by atoms with Crippen LogP contribution in [-0.2, 0) is 14.0 Å². The fourth-order valence-corrected chi connectivity index (χ4v) is 2.70. The molecule has 0 amide bonds. The van der Waals surface area contributed by atoms with E-state index in [1.54, 1.807) is 32.0 Å². The van der Waals surface area contributed by atoms with Crippen LogP contribution in [0.3, 0.4) is 0 Å². The van der Waals surface area contributed by atoms with Crippen molar-refractivity contribution < 1.29 is 28.0 Å². The Morgan fingerprint density at radius 2 is 1.60 bits per heavy atom. The molecule has 5 nitrogen and oxygen atoms in total. The number of hydrogen-bond acceptors (Lipinski definition) is 5. The van der Waals surface area contributed by atoms with Crippen molar-refractivity contribution in [3.8, 4) is 5.75 Å². The van der Waals surface area contributed by atoms with Gasteiger partial charge in [-0.2, -0.15) is 0 Å². The maximum Gasteiger partial charge on any atom is 0.487 e. The van der Waals surface area contributed by atoms with Crippen LogP contribution in [0.25, 0.3) is 6.08 Å². The lowest BCUT2D eigenvalue weighted by Crippen LogP contribution is -2.41. The highest BCUT2D eigenvalue weighted by Gasteiger charge is 2.50. The van der Waals surface area contributed by atoms with Gasteiger partial charge in [0.15, 0.2) is 0 Å². The number of carbonyl (C=O) groups is 1. The third-order valence-electron chi connectivity index (χ3n) is 4.73. The third kappa shape index (κ3) is 3.18. The van der Waals surface area contributed by atoms with E-state index in [0.29, 0.717) is 5.56 Å². The monoisotopic (exact) mass is 348 g/mol. The minimum atomic E-state index is -1.16. The summed E-state index contributed by atoms with van der Waals surface area (Å²) < 4.78 is 36.6. The highest BCUT2D eigenvalue weighted by molar-refractivity contribution is 6.52. The van der Waals surface area contributed by atoms with E-state index >= 15 is 0 Å². The molecule has 7 heteroatoms. The third-order valence-corrected chi connectivity index (χ3v) is 4.73. The molecule has 0 N–H and O–H groups in total. The lowest BCUT2D eigenvalue weighted by molar-refractivity contribution is -0.128. The molecule has 1 fully saturated rings. The van der Waals surface area contributed by atoms with Gasteiger partial charge >= 0.3 is 13.1 Å². The van der Waals surface area contributed by atoms with Crippen molar-refractivity contribution in [2.24, 2.45) is 0 Å². The topological polar surface area (TPSA) is 54.0 Å². The van der Waals surface area contributed by atoms with Gasteiger partial charge in [0.1, 0.15) is 17.1 Å². The zero-order chi connectivity index (χ0) is 18.6. The molecule has 1 saturated heterocycles. The van der Waals surface area contributed by atoms with Gasteiger partial charge < -0.3 is 18.8 Å². The van der Waals surface area contributed by atoms with Crippen molar-refractivity contribution in [1.29, 1.82) is 0 Å². The fourth-order valence-electron chi connectivity index (χ4n) is 2.70. The number of fused-ring (bicyclic) bond motifs is 1. The molecule has 1 aromatic carbocycles. The highest BCUT2D eigenvalue weighted by Crippen LogP contribution is 2.39. The van der Waals surface area contributed by atoms with Crippen LogP contribution in [0.5, 0.6) is 5.75 Å². The Labute approximate surface area is 147 Å². The smallest absolute Gasteiger partial charge is 0.451 e. The van der Waals surface area contributed by atoms with Gasteiger partial charge in [-0.3, -0.25) is 0 Å². The first-order chi connectivity index (χ1) is 11.4. The molecular weight excluding hydrogens is 326 g/mol. The number of benzene rings is 1. The van der Waals surface area contributed by atoms with Gasteiger partial charge in [-0.05, 0) is 39.8 Å². The van der Waals surface area contributed by atoms with Crippen molar-refractivity contribution in [2.75, 3.05) is 0 Å². The van der Waals surface area contributed by atoms with Gasteiger partial charge in [0, 0.05) is 19.4 Å². The maximum absolute atomic E-state index is 14.0. The SMILES string of the molecule is CC1(C)OC(=O)c2c(F)ccc(C=CB3OC(C)(C)C(C)(C)O3)c2O1. The summed E-state index contributed by atoms with van der Waals surface area (Å²) >= 11 is 0. The van der Waals surface area contributed by atoms with E-state index in [-0.39, 0.29) is 11.3 Å². The van der Waals surface area contributed by atoms with Gasteiger partial charge in [-0.15, -0.1) is 0 Å². The lowest BCUT2D eigenvalue weighted by Gasteiger charge is -2.32. The molecule has 0 aromatic heterocycles. The summed E-state index contributed by atoms with van der Waals surface area (Å²) in [6, 6.07) is 2.76. The number of esters is 1. The molecule has 0 unspecified atom stereocenters. The average molecular weight is 348 g/mol. The molecule has 2 aliphatic rings.